The largest absolute Gasteiger partial charge is 0.434 e. The molecule has 1 aromatic carbocycles. The van der Waals surface area contributed by atoms with Crippen LogP contribution in [-0.4, -0.2) is 69.3 Å². The monoisotopic (exact) mass is 580 g/mol. The Hall–Kier alpha value is -4.02. The highest BCUT2D eigenvalue weighted by Crippen LogP contribution is 2.39. The number of aromatic nitrogens is 3. The Bertz CT molecular complexity index is 1470. The summed E-state index contributed by atoms with van der Waals surface area (Å²) in [5, 5.41) is 0. The number of nitrogens with zero attached hydrogens (tertiary/aromatic N) is 6. The standard InChI is InChI=1S/C31H35F3N6O2/c1-5-40(30(42)24-7-6-14-35-28(24)31(32,33)34)26-11-10-21-8-9-22(18-25(21)26)29(41)38(4)23-12-15-39(16-13-23)27-17-19(2)36-20(3)37-27/h6-9,14,17-18,23,26H,5,10-13,15-16H2,1-4H3/t26-/m1/s1. The summed E-state index contributed by atoms with van der Waals surface area (Å²) in [6.45, 7) is 7.34. The Morgan fingerprint density at radius 2 is 1.76 bits per heavy atom. The summed E-state index contributed by atoms with van der Waals surface area (Å²) in [7, 11) is 1.81. The van der Waals surface area contributed by atoms with Crippen molar-refractivity contribution in [3.8, 4) is 0 Å². The van der Waals surface area contributed by atoms with E-state index in [0.29, 0.717) is 18.4 Å². The molecule has 222 valence electrons. The highest BCUT2D eigenvalue weighted by molar-refractivity contribution is 5.96. The van der Waals surface area contributed by atoms with Gasteiger partial charge >= 0.3 is 6.18 Å². The molecule has 3 heterocycles. The second-order valence-corrected chi connectivity index (χ2v) is 11.0. The zero-order chi connectivity index (χ0) is 30.2. The number of hydrogen-bond acceptors (Lipinski definition) is 6. The van der Waals surface area contributed by atoms with Gasteiger partial charge in [0.05, 0.1) is 11.6 Å². The van der Waals surface area contributed by atoms with E-state index in [4.69, 9.17) is 0 Å². The van der Waals surface area contributed by atoms with Gasteiger partial charge in [-0.3, -0.25) is 14.6 Å². The van der Waals surface area contributed by atoms with Gasteiger partial charge in [-0.25, -0.2) is 9.97 Å². The minimum Gasteiger partial charge on any atom is -0.356 e. The van der Waals surface area contributed by atoms with Crippen LogP contribution in [0.25, 0.3) is 0 Å². The maximum Gasteiger partial charge on any atom is 0.434 e. The highest BCUT2D eigenvalue weighted by atomic mass is 19.4. The van der Waals surface area contributed by atoms with Crippen LogP contribution in [0.1, 0.15) is 81.3 Å². The molecule has 42 heavy (non-hydrogen) atoms. The molecule has 1 atom stereocenters. The van der Waals surface area contributed by atoms with Gasteiger partial charge in [0.1, 0.15) is 11.6 Å². The molecule has 8 nitrogen and oxygen atoms in total. The average molecular weight is 581 g/mol. The molecule has 2 aromatic heterocycles. The van der Waals surface area contributed by atoms with Crippen LogP contribution in [-0.2, 0) is 12.6 Å². The molecule has 1 saturated heterocycles. The van der Waals surface area contributed by atoms with Crippen LogP contribution in [0.5, 0.6) is 0 Å². The fourth-order valence-corrected chi connectivity index (χ4v) is 6.21. The summed E-state index contributed by atoms with van der Waals surface area (Å²) < 4.78 is 40.9. The fraction of sp³-hybridized carbons (Fsp3) is 0.452. The molecule has 0 N–H and O–H groups in total. The normalized spacial score (nSPS) is 17.2. The zero-order valence-electron chi connectivity index (χ0n) is 24.3. The van der Waals surface area contributed by atoms with Gasteiger partial charge in [-0.05, 0) is 81.8 Å². The Balaban J connectivity index is 1.31. The second kappa shape index (κ2) is 11.7. The number of benzene rings is 1. The lowest BCUT2D eigenvalue weighted by molar-refractivity contribution is -0.141. The summed E-state index contributed by atoms with van der Waals surface area (Å²) in [4.78, 5) is 44.9. The molecule has 11 heteroatoms. The second-order valence-electron chi connectivity index (χ2n) is 11.0. The molecule has 1 aliphatic heterocycles. The Kier molecular flexibility index (Phi) is 8.21. The summed E-state index contributed by atoms with van der Waals surface area (Å²) in [6.07, 6.45) is -0.868. The molecule has 2 amide bonds. The maximum atomic E-state index is 13.6. The van der Waals surface area contributed by atoms with E-state index in [1.165, 1.54) is 17.0 Å². The van der Waals surface area contributed by atoms with Crippen molar-refractivity contribution in [3.63, 3.8) is 0 Å². The van der Waals surface area contributed by atoms with Crippen LogP contribution in [0.4, 0.5) is 19.0 Å². The minimum absolute atomic E-state index is 0.0573. The molecular weight excluding hydrogens is 545 g/mol. The van der Waals surface area contributed by atoms with Gasteiger partial charge in [0.25, 0.3) is 11.8 Å². The molecule has 3 aromatic rings. The van der Waals surface area contributed by atoms with Crippen molar-refractivity contribution >= 4 is 17.6 Å². The lowest BCUT2D eigenvalue weighted by Gasteiger charge is -2.37. The zero-order valence-corrected chi connectivity index (χ0v) is 24.3. The van der Waals surface area contributed by atoms with Crippen molar-refractivity contribution < 1.29 is 22.8 Å². The topological polar surface area (TPSA) is 82.5 Å². The molecular formula is C31H35F3N6O2. The van der Waals surface area contributed by atoms with Crippen molar-refractivity contribution in [2.24, 2.45) is 0 Å². The van der Waals surface area contributed by atoms with Crippen LogP contribution in [0.15, 0.2) is 42.6 Å². The van der Waals surface area contributed by atoms with Gasteiger partial charge in [-0.2, -0.15) is 13.2 Å². The number of halogens is 3. The number of aryl methyl sites for hydroxylation is 3. The number of hydrogen-bond donors (Lipinski definition) is 0. The minimum atomic E-state index is -4.74. The number of fused-ring (bicyclic) bond motifs is 1. The smallest absolute Gasteiger partial charge is 0.356 e. The van der Waals surface area contributed by atoms with Gasteiger partial charge in [0, 0.05) is 56.2 Å². The van der Waals surface area contributed by atoms with E-state index in [9.17, 15) is 22.8 Å². The van der Waals surface area contributed by atoms with E-state index in [0.717, 1.165) is 60.6 Å². The van der Waals surface area contributed by atoms with E-state index < -0.39 is 29.4 Å². The van der Waals surface area contributed by atoms with Crippen LogP contribution < -0.4 is 4.90 Å². The number of carbonyl (C=O) groups excluding carboxylic acids is 2. The molecule has 0 saturated carbocycles. The van der Waals surface area contributed by atoms with Crippen molar-refractivity contribution in [2.75, 3.05) is 31.6 Å². The summed E-state index contributed by atoms with van der Waals surface area (Å²) >= 11 is 0. The SMILES string of the molecule is CCN(C(=O)c1cccnc1C(F)(F)F)[C@@H]1CCc2ccc(C(=O)N(C)C3CCN(c4cc(C)nc(C)n4)CC3)cc21. The fourth-order valence-electron chi connectivity index (χ4n) is 6.21. The van der Waals surface area contributed by atoms with Crippen LogP contribution >= 0.6 is 0 Å². The quantitative estimate of drug-likeness (QED) is 0.389. The van der Waals surface area contributed by atoms with E-state index in [1.54, 1.807) is 11.8 Å². The van der Waals surface area contributed by atoms with E-state index in [1.807, 2.05) is 45.2 Å². The third-order valence-corrected chi connectivity index (χ3v) is 8.33. The first-order chi connectivity index (χ1) is 20.0. The van der Waals surface area contributed by atoms with E-state index in [-0.39, 0.29) is 18.5 Å². The van der Waals surface area contributed by atoms with Gasteiger partial charge < -0.3 is 14.7 Å². The molecule has 0 spiro atoms. The Morgan fingerprint density at radius 3 is 2.43 bits per heavy atom. The van der Waals surface area contributed by atoms with Crippen LogP contribution in [0.2, 0.25) is 0 Å². The number of pyridine rings is 1. The maximum absolute atomic E-state index is 13.6. The molecule has 5 rings (SSSR count). The molecule has 1 fully saturated rings. The number of amides is 2. The Morgan fingerprint density at radius 1 is 1.02 bits per heavy atom. The number of piperidine rings is 1. The number of alkyl halides is 3. The average Bonchev–Trinajstić information content (AvgIpc) is 3.39. The van der Waals surface area contributed by atoms with Gasteiger partial charge in [0.15, 0.2) is 5.69 Å². The number of rotatable bonds is 6. The molecule has 0 unspecified atom stereocenters. The van der Waals surface area contributed by atoms with Crippen LogP contribution in [0.3, 0.4) is 0 Å². The number of anilines is 1. The predicted molar refractivity (Wildman–Crippen MR) is 152 cm³/mol. The molecule has 0 radical (unpaired) electrons. The molecule has 2 aliphatic rings. The lowest BCUT2D eigenvalue weighted by atomic mass is 9.99. The summed E-state index contributed by atoms with van der Waals surface area (Å²) in [5.74, 6) is 0.807. The molecule has 1 aliphatic carbocycles. The first-order valence-corrected chi connectivity index (χ1v) is 14.3. The van der Waals surface area contributed by atoms with Gasteiger partial charge in [-0.15, -0.1) is 0 Å². The van der Waals surface area contributed by atoms with Crippen molar-refractivity contribution in [2.45, 2.75) is 64.7 Å². The molecule has 0 bridgehead atoms. The van der Waals surface area contributed by atoms with Gasteiger partial charge in [0.2, 0.25) is 0 Å². The van der Waals surface area contributed by atoms with Gasteiger partial charge in [-0.1, -0.05) is 6.07 Å². The third-order valence-electron chi connectivity index (χ3n) is 8.33. The highest BCUT2D eigenvalue weighted by Gasteiger charge is 2.40. The first-order valence-electron chi connectivity index (χ1n) is 14.3. The number of carbonyl (C=O) groups is 2. The lowest BCUT2D eigenvalue weighted by Crippen LogP contribution is -2.46. The Labute approximate surface area is 243 Å². The van der Waals surface area contributed by atoms with Crippen LogP contribution in [0, 0.1) is 13.8 Å². The van der Waals surface area contributed by atoms with E-state index >= 15 is 0 Å². The van der Waals surface area contributed by atoms with Crippen molar-refractivity contribution in [1.82, 2.24) is 24.8 Å². The summed E-state index contributed by atoms with van der Waals surface area (Å²) in [5.41, 5.74) is 1.58. The third kappa shape index (κ3) is 5.82. The predicted octanol–water partition coefficient (Wildman–Crippen LogP) is 5.40. The van der Waals surface area contributed by atoms with Crippen molar-refractivity contribution in [1.29, 1.82) is 0 Å². The first kappa shape index (κ1) is 29.5. The van der Waals surface area contributed by atoms with E-state index in [2.05, 4.69) is 19.9 Å². The summed E-state index contributed by atoms with van der Waals surface area (Å²) in [6, 6.07) is 9.64. The van der Waals surface area contributed by atoms with Crippen molar-refractivity contribution in [3.05, 3.63) is 82.1 Å².